The second-order valence-corrected chi connectivity index (χ2v) is 7.08. The van der Waals surface area contributed by atoms with Gasteiger partial charge in [0.2, 0.25) is 5.91 Å². The van der Waals surface area contributed by atoms with E-state index < -0.39 is 24.9 Å². The molecule has 4 aromatic rings. The lowest BCUT2D eigenvalue weighted by Gasteiger charge is -2.19. The number of aromatic nitrogens is 5. The quantitative estimate of drug-likeness (QED) is 0.460. The number of benzene rings is 1. The van der Waals surface area contributed by atoms with Crippen molar-refractivity contribution < 1.29 is 22.7 Å². The maximum atomic E-state index is 13.8. The van der Waals surface area contributed by atoms with Crippen LogP contribution in [0.25, 0.3) is 16.8 Å². The fourth-order valence-corrected chi connectivity index (χ4v) is 3.23. The van der Waals surface area contributed by atoms with Gasteiger partial charge in [-0.15, -0.1) is 0 Å². The zero-order valence-corrected chi connectivity index (χ0v) is 17.2. The summed E-state index contributed by atoms with van der Waals surface area (Å²) in [5.74, 6) is -0.122. The Morgan fingerprint density at radius 1 is 1.22 bits per heavy atom. The predicted molar refractivity (Wildman–Crippen MR) is 110 cm³/mol. The molecule has 1 N–H and O–H groups in total. The van der Waals surface area contributed by atoms with Gasteiger partial charge in [-0.2, -0.15) is 10.2 Å². The molecule has 8 nitrogen and oxygen atoms in total. The van der Waals surface area contributed by atoms with E-state index in [0.29, 0.717) is 28.2 Å². The van der Waals surface area contributed by atoms with Crippen LogP contribution in [-0.4, -0.2) is 43.3 Å². The summed E-state index contributed by atoms with van der Waals surface area (Å²) in [4.78, 5) is 16.1. The van der Waals surface area contributed by atoms with Gasteiger partial charge >= 0.3 is 0 Å². The third-order valence-corrected chi connectivity index (χ3v) is 4.75. The first-order chi connectivity index (χ1) is 15.3. The molecule has 1 aromatic carbocycles. The number of ether oxygens (including phenoxy) is 1. The van der Waals surface area contributed by atoms with Gasteiger partial charge in [-0.05, 0) is 31.2 Å². The summed E-state index contributed by atoms with van der Waals surface area (Å²) in [6, 6.07) is 4.89. The molecule has 11 heteroatoms. The number of halogens is 3. The number of nitrogens with one attached hydrogen (secondary N) is 1. The van der Waals surface area contributed by atoms with E-state index in [1.165, 1.54) is 23.7 Å². The molecule has 1 atom stereocenters. The molecule has 4 rings (SSSR count). The van der Waals surface area contributed by atoms with E-state index in [-0.39, 0.29) is 11.7 Å². The second kappa shape index (κ2) is 8.69. The molecule has 0 fully saturated rings. The van der Waals surface area contributed by atoms with E-state index in [2.05, 4.69) is 20.5 Å². The maximum Gasteiger partial charge on any atom is 0.272 e. The van der Waals surface area contributed by atoms with Gasteiger partial charge in [0.05, 0.1) is 18.4 Å². The van der Waals surface area contributed by atoms with Crippen molar-refractivity contribution in [1.29, 1.82) is 0 Å². The summed E-state index contributed by atoms with van der Waals surface area (Å²) >= 11 is 0. The number of nitrogens with zero attached hydrogens (tertiary/aromatic N) is 5. The van der Waals surface area contributed by atoms with Crippen LogP contribution < -0.4 is 10.1 Å². The summed E-state index contributed by atoms with van der Waals surface area (Å²) in [7, 11) is 0. The van der Waals surface area contributed by atoms with Crippen LogP contribution in [0.1, 0.15) is 30.2 Å². The van der Waals surface area contributed by atoms with Gasteiger partial charge in [-0.25, -0.2) is 27.4 Å². The van der Waals surface area contributed by atoms with E-state index in [9.17, 15) is 18.0 Å². The van der Waals surface area contributed by atoms with Crippen molar-refractivity contribution in [2.75, 3.05) is 11.9 Å². The molecule has 0 bridgehead atoms. The van der Waals surface area contributed by atoms with Gasteiger partial charge < -0.3 is 10.1 Å². The molecule has 32 heavy (non-hydrogen) atoms. The number of hydrogen-bond acceptors (Lipinski definition) is 6. The van der Waals surface area contributed by atoms with Crippen molar-refractivity contribution in [2.45, 2.75) is 26.3 Å². The van der Waals surface area contributed by atoms with Crippen LogP contribution in [0.15, 0.2) is 49.1 Å². The number of carbonyl (C=O) groups is 1. The van der Waals surface area contributed by atoms with Crippen molar-refractivity contribution in [2.24, 2.45) is 0 Å². The molecule has 0 aliphatic rings. The molecule has 0 aliphatic carbocycles. The van der Waals surface area contributed by atoms with Gasteiger partial charge in [0.25, 0.3) is 6.43 Å². The van der Waals surface area contributed by atoms with Gasteiger partial charge in [0, 0.05) is 36.0 Å². The van der Waals surface area contributed by atoms with Crippen molar-refractivity contribution in [3.05, 3.63) is 60.4 Å². The number of fused-ring (bicyclic) bond motifs is 1. The lowest BCUT2D eigenvalue weighted by atomic mass is 10.1. The number of carbonyl (C=O) groups excluding carboxylic acids is 1. The van der Waals surface area contributed by atoms with Crippen molar-refractivity contribution >= 4 is 17.4 Å². The fraction of sp³-hybridized carbons (Fsp3) is 0.238. The first-order valence-electron chi connectivity index (χ1n) is 9.69. The van der Waals surface area contributed by atoms with E-state index in [1.807, 2.05) is 0 Å². The Morgan fingerprint density at radius 2 is 2.03 bits per heavy atom. The minimum absolute atomic E-state index is 0.162. The average Bonchev–Trinajstić information content (AvgIpc) is 3.39. The highest BCUT2D eigenvalue weighted by Crippen LogP contribution is 2.30. The number of rotatable bonds is 7. The zero-order chi connectivity index (χ0) is 22.8. The normalized spacial score (nSPS) is 12.3. The third-order valence-electron chi connectivity index (χ3n) is 4.75. The molecule has 0 spiro atoms. The Balaban J connectivity index is 1.62. The molecule has 3 aromatic heterocycles. The van der Waals surface area contributed by atoms with E-state index >= 15 is 0 Å². The van der Waals surface area contributed by atoms with Crippen LogP contribution in [0.3, 0.4) is 0 Å². The Kier molecular flexibility index (Phi) is 5.80. The van der Waals surface area contributed by atoms with Crippen LogP contribution >= 0.6 is 0 Å². The molecular formula is C21H19F3N6O2. The van der Waals surface area contributed by atoms with Crippen LogP contribution in [0.2, 0.25) is 0 Å². The van der Waals surface area contributed by atoms with Crippen LogP contribution in [0.5, 0.6) is 5.75 Å². The Hall–Kier alpha value is -3.89. The summed E-state index contributed by atoms with van der Waals surface area (Å²) in [6.07, 6.45) is 3.79. The minimum atomic E-state index is -2.65. The topological polar surface area (TPSA) is 86.3 Å². The lowest BCUT2D eigenvalue weighted by molar-refractivity contribution is 0.0812. The van der Waals surface area contributed by atoms with Crippen LogP contribution in [-0.2, 0) is 0 Å². The summed E-state index contributed by atoms with van der Waals surface area (Å²) < 4.78 is 46.9. The first-order valence-corrected chi connectivity index (χ1v) is 9.69. The SMILES string of the molecule is CC(=O)n1cc(-c2cnn3ccc(NC(C)c4cc(F)ccc4OCC(F)F)nc23)cn1. The maximum absolute atomic E-state index is 13.8. The molecule has 0 saturated carbocycles. The minimum Gasteiger partial charge on any atom is -0.487 e. The standard InChI is InChI=1S/C21H19F3N6O2/c1-12(16-7-15(22)3-4-18(16)32-11-19(23)24)27-20-5-6-29-21(28-20)17(9-26-29)14-8-25-30(10-14)13(2)31/h3-10,12,19H,11H2,1-2H3,(H,27,28). The molecule has 0 radical (unpaired) electrons. The molecule has 0 aliphatic heterocycles. The molecule has 3 heterocycles. The highest BCUT2D eigenvalue weighted by Gasteiger charge is 2.17. The van der Waals surface area contributed by atoms with E-state index in [0.717, 1.165) is 6.07 Å². The van der Waals surface area contributed by atoms with E-state index in [4.69, 9.17) is 4.74 Å². The van der Waals surface area contributed by atoms with Crippen LogP contribution in [0, 0.1) is 5.82 Å². The Labute approximate surface area is 180 Å². The zero-order valence-electron chi connectivity index (χ0n) is 17.2. The van der Waals surface area contributed by atoms with E-state index in [1.54, 1.807) is 42.3 Å². The molecular weight excluding hydrogens is 425 g/mol. The number of alkyl halides is 2. The number of anilines is 1. The van der Waals surface area contributed by atoms with Crippen molar-refractivity contribution in [1.82, 2.24) is 24.4 Å². The summed E-state index contributed by atoms with van der Waals surface area (Å²) in [5.41, 5.74) is 2.23. The van der Waals surface area contributed by atoms with Gasteiger partial charge in [0.15, 0.2) is 5.65 Å². The molecule has 0 amide bonds. The largest absolute Gasteiger partial charge is 0.487 e. The van der Waals surface area contributed by atoms with Crippen molar-refractivity contribution in [3.63, 3.8) is 0 Å². The summed E-state index contributed by atoms with van der Waals surface area (Å²) in [6.45, 7) is 2.35. The number of hydrogen-bond donors (Lipinski definition) is 1. The van der Waals surface area contributed by atoms with Crippen molar-refractivity contribution in [3.8, 4) is 16.9 Å². The highest BCUT2D eigenvalue weighted by atomic mass is 19.3. The monoisotopic (exact) mass is 444 g/mol. The predicted octanol–water partition coefficient (Wildman–Crippen LogP) is 4.21. The molecule has 0 saturated heterocycles. The fourth-order valence-electron chi connectivity index (χ4n) is 3.23. The highest BCUT2D eigenvalue weighted by molar-refractivity contribution is 5.80. The Bertz CT molecular complexity index is 1270. The smallest absolute Gasteiger partial charge is 0.272 e. The van der Waals surface area contributed by atoms with Gasteiger partial charge in [-0.3, -0.25) is 4.79 Å². The van der Waals surface area contributed by atoms with Gasteiger partial charge in [0.1, 0.15) is 24.0 Å². The third kappa shape index (κ3) is 4.41. The van der Waals surface area contributed by atoms with Crippen LogP contribution in [0.4, 0.5) is 19.0 Å². The molecule has 1 unspecified atom stereocenters. The second-order valence-electron chi connectivity index (χ2n) is 7.08. The van der Waals surface area contributed by atoms with Gasteiger partial charge in [-0.1, -0.05) is 0 Å². The lowest BCUT2D eigenvalue weighted by Crippen LogP contribution is -2.13. The Morgan fingerprint density at radius 3 is 2.75 bits per heavy atom. The molecule has 166 valence electrons. The average molecular weight is 444 g/mol. The summed E-state index contributed by atoms with van der Waals surface area (Å²) in [5, 5.41) is 11.4. The first kappa shape index (κ1) is 21.3.